The highest BCUT2D eigenvalue weighted by Gasteiger charge is 2.26. The van der Waals surface area contributed by atoms with Gasteiger partial charge in [0, 0.05) is 6.54 Å². The highest BCUT2D eigenvalue weighted by Crippen LogP contribution is 2.24. The number of amides is 1. The Bertz CT molecular complexity index is 214. The second-order valence-corrected chi connectivity index (χ2v) is 3.82. The first-order valence-corrected chi connectivity index (χ1v) is 5.01. The van der Waals surface area contributed by atoms with Crippen LogP contribution in [0, 0.1) is 5.92 Å². The molecule has 0 aliphatic heterocycles. The summed E-state index contributed by atoms with van der Waals surface area (Å²) in [5.41, 5.74) is 0. The lowest BCUT2D eigenvalue weighted by Gasteiger charge is -2.25. The van der Waals surface area contributed by atoms with Crippen LogP contribution in [0.2, 0.25) is 0 Å². The molecular formula is C9H15F3N2O. The zero-order chi connectivity index (χ0) is 11.3. The van der Waals surface area contributed by atoms with E-state index in [9.17, 15) is 18.0 Å². The van der Waals surface area contributed by atoms with Crippen molar-refractivity contribution >= 4 is 5.91 Å². The number of carbonyl (C=O) groups excluding carboxylic acids is 1. The number of halogens is 3. The smallest absolute Gasteiger partial charge is 0.355 e. The minimum absolute atomic E-state index is 0.272. The van der Waals surface area contributed by atoms with Gasteiger partial charge in [0.15, 0.2) is 0 Å². The SMILES string of the molecule is O=C(CNCC(F)(F)F)NCC1CCC1. The summed E-state index contributed by atoms with van der Waals surface area (Å²) in [5, 5.41) is 4.65. The van der Waals surface area contributed by atoms with Crippen LogP contribution in [0.25, 0.3) is 0 Å². The molecular weight excluding hydrogens is 209 g/mol. The highest BCUT2D eigenvalue weighted by molar-refractivity contribution is 5.77. The van der Waals surface area contributed by atoms with Crippen LogP contribution in [0.3, 0.4) is 0 Å². The van der Waals surface area contributed by atoms with E-state index in [1.54, 1.807) is 0 Å². The fourth-order valence-electron chi connectivity index (χ4n) is 1.34. The van der Waals surface area contributed by atoms with Gasteiger partial charge in [0.2, 0.25) is 5.91 Å². The second kappa shape index (κ2) is 5.34. The third-order valence-corrected chi connectivity index (χ3v) is 2.42. The summed E-state index contributed by atoms with van der Waals surface area (Å²) in [6, 6.07) is 0. The van der Waals surface area contributed by atoms with Crippen LogP contribution in [0.1, 0.15) is 19.3 Å². The van der Waals surface area contributed by atoms with Crippen LogP contribution in [-0.4, -0.2) is 31.7 Å². The summed E-state index contributed by atoms with van der Waals surface area (Å²) in [5.74, 6) is 0.155. The fourth-order valence-corrected chi connectivity index (χ4v) is 1.34. The van der Waals surface area contributed by atoms with E-state index in [1.165, 1.54) is 6.42 Å². The van der Waals surface area contributed by atoms with E-state index in [1.807, 2.05) is 5.32 Å². The fraction of sp³-hybridized carbons (Fsp3) is 0.889. The van der Waals surface area contributed by atoms with Crippen LogP contribution in [0.4, 0.5) is 13.2 Å². The molecule has 1 aliphatic carbocycles. The first-order chi connectivity index (χ1) is 6.97. The average Bonchev–Trinajstić information content (AvgIpc) is 1.98. The van der Waals surface area contributed by atoms with Gasteiger partial charge >= 0.3 is 6.18 Å². The van der Waals surface area contributed by atoms with E-state index in [0.29, 0.717) is 12.5 Å². The number of nitrogens with one attached hydrogen (secondary N) is 2. The number of alkyl halides is 3. The Labute approximate surface area is 86.4 Å². The molecule has 0 atom stereocenters. The van der Waals surface area contributed by atoms with Crippen LogP contribution < -0.4 is 10.6 Å². The number of hydrogen-bond donors (Lipinski definition) is 2. The predicted octanol–water partition coefficient (Wildman–Crippen LogP) is 1.05. The van der Waals surface area contributed by atoms with E-state index < -0.39 is 12.7 Å². The first kappa shape index (κ1) is 12.3. The van der Waals surface area contributed by atoms with E-state index in [-0.39, 0.29) is 12.5 Å². The van der Waals surface area contributed by atoms with Gasteiger partial charge in [-0.15, -0.1) is 0 Å². The van der Waals surface area contributed by atoms with Gasteiger partial charge in [-0.3, -0.25) is 4.79 Å². The lowest BCUT2D eigenvalue weighted by Crippen LogP contribution is -2.40. The minimum atomic E-state index is -4.26. The van der Waals surface area contributed by atoms with Crippen molar-refractivity contribution in [1.82, 2.24) is 10.6 Å². The van der Waals surface area contributed by atoms with Crippen molar-refractivity contribution in [2.45, 2.75) is 25.4 Å². The summed E-state index contributed by atoms with van der Waals surface area (Å²) < 4.78 is 35.1. The van der Waals surface area contributed by atoms with Gasteiger partial charge in [0.1, 0.15) is 0 Å². The Balaban J connectivity index is 1.98. The van der Waals surface area contributed by atoms with E-state index in [2.05, 4.69) is 5.32 Å². The molecule has 1 rings (SSSR count). The molecule has 0 aromatic heterocycles. The third-order valence-electron chi connectivity index (χ3n) is 2.42. The quantitative estimate of drug-likeness (QED) is 0.733. The molecule has 6 heteroatoms. The molecule has 2 N–H and O–H groups in total. The van der Waals surface area contributed by atoms with Crippen molar-refractivity contribution in [3.05, 3.63) is 0 Å². The molecule has 15 heavy (non-hydrogen) atoms. The van der Waals surface area contributed by atoms with E-state index >= 15 is 0 Å². The van der Waals surface area contributed by atoms with Crippen molar-refractivity contribution in [2.75, 3.05) is 19.6 Å². The molecule has 0 saturated heterocycles. The summed E-state index contributed by atoms with van der Waals surface area (Å²) in [7, 11) is 0. The van der Waals surface area contributed by atoms with Crippen LogP contribution in [0.15, 0.2) is 0 Å². The van der Waals surface area contributed by atoms with Gasteiger partial charge in [-0.1, -0.05) is 6.42 Å². The van der Waals surface area contributed by atoms with Crippen molar-refractivity contribution in [3.63, 3.8) is 0 Å². The van der Waals surface area contributed by atoms with E-state index in [0.717, 1.165) is 12.8 Å². The molecule has 0 aromatic rings. The summed E-state index contributed by atoms with van der Waals surface area (Å²) in [4.78, 5) is 11.0. The topological polar surface area (TPSA) is 41.1 Å². The van der Waals surface area contributed by atoms with E-state index in [4.69, 9.17) is 0 Å². The second-order valence-electron chi connectivity index (χ2n) is 3.82. The maximum atomic E-state index is 11.7. The molecule has 1 amide bonds. The van der Waals surface area contributed by atoms with Crippen molar-refractivity contribution < 1.29 is 18.0 Å². The Morgan fingerprint density at radius 1 is 1.33 bits per heavy atom. The highest BCUT2D eigenvalue weighted by atomic mass is 19.4. The molecule has 3 nitrogen and oxygen atoms in total. The molecule has 1 aliphatic rings. The Hall–Kier alpha value is -0.780. The Morgan fingerprint density at radius 3 is 2.47 bits per heavy atom. The summed E-state index contributed by atoms with van der Waals surface area (Å²) in [6.07, 6.45) is -0.854. The normalized spacial score (nSPS) is 17.3. The van der Waals surface area contributed by atoms with Crippen LogP contribution in [0.5, 0.6) is 0 Å². The maximum Gasteiger partial charge on any atom is 0.401 e. The van der Waals surface area contributed by atoms with Crippen LogP contribution in [-0.2, 0) is 4.79 Å². The summed E-state index contributed by atoms with van der Waals surface area (Å²) in [6.45, 7) is -0.803. The standard InChI is InChI=1S/C9H15F3N2O/c10-9(11,12)6-13-5-8(15)14-4-7-2-1-3-7/h7,13H,1-6H2,(H,14,15). The molecule has 0 heterocycles. The lowest BCUT2D eigenvalue weighted by atomic mass is 9.85. The lowest BCUT2D eigenvalue weighted by molar-refractivity contribution is -0.128. The van der Waals surface area contributed by atoms with Gasteiger partial charge in [-0.25, -0.2) is 0 Å². The minimum Gasteiger partial charge on any atom is -0.355 e. The van der Waals surface area contributed by atoms with Gasteiger partial charge in [-0.05, 0) is 18.8 Å². The summed E-state index contributed by atoms with van der Waals surface area (Å²) >= 11 is 0. The molecule has 0 unspecified atom stereocenters. The number of carbonyl (C=O) groups is 1. The van der Waals surface area contributed by atoms with Gasteiger partial charge in [0.05, 0.1) is 13.1 Å². The third kappa shape index (κ3) is 5.61. The molecule has 88 valence electrons. The first-order valence-electron chi connectivity index (χ1n) is 5.01. The average molecular weight is 224 g/mol. The zero-order valence-corrected chi connectivity index (χ0v) is 8.36. The zero-order valence-electron chi connectivity index (χ0n) is 8.36. The largest absolute Gasteiger partial charge is 0.401 e. The van der Waals surface area contributed by atoms with Crippen molar-refractivity contribution in [2.24, 2.45) is 5.92 Å². The van der Waals surface area contributed by atoms with Crippen molar-refractivity contribution in [1.29, 1.82) is 0 Å². The van der Waals surface area contributed by atoms with Crippen molar-refractivity contribution in [3.8, 4) is 0 Å². The van der Waals surface area contributed by atoms with Gasteiger partial charge < -0.3 is 10.6 Å². The molecule has 0 aromatic carbocycles. The Morgan fingerprint density at radius 2 is 2.00 bits per heavy atom. The van der Waals surface area contributed by atoms with Crippen LogP contribution >= 0.6 is 0 Å². The molecule has 0 bridgehead atoms. The molecule has 0 radical (unpaired) electrons. The maximum absolute atomic E-state index is 11.7. The molecule has 0 spiro atoms. The monoisotopic (exact) mass is 224 g/mol. The number of hydrogen-bond acceptors (Lipinski definition) is 2. The Kier molecular flexibility index (Phi) is 4.38. The molecule has 1 fully saturated rings. The van der Waals surface area contributed by atoms with Gasteiger partial charge in [-0.2, -0.15) is 13.2 Å². The predicted molar refractivity (Wildman–Crippen MR) is 49.3 cm³/mol. The molecule has 1 saturated carbocycles. The number of rotatable bonds is 5. The van der Waals surface area contributed by atoms with Gasteiger partial charge in [0.25, 0.3) is 0 Å².